The van der Waals surface area contributed by atoms with Crippen molar-refractivity contribution in [1.82, 2.24) is 9.78 Å². The number of amides is 1. The van der Waals surface area contributed by atoms with Gasteiger partial charge in [0.1, 0.15) is 12.2 Å². The third-order valence-corrected chi connectivity index (χ3v) is 4.73. The highest BCUT2D eigenvalue weighted by atomic mass is 16.4. The number of rotatable bonds is 6. The zero-order chi connectivity index (χ0) is 20.3. The molecule has 0 aliphatic heterocycles. The molecule has 1 atom stereocenters. The van der Waals surface area contributed by atoms with Crippen LogP contribution < -0.4 is 16.0 Å². The molecule has 1 amide bonds. The highest BCUT2D eigenvalue weighted by molar-refractivity contribution is 6.00. The van der Waals surface area contributed by atoms with Gasteiger partial charge in [0.15, 0.2) is 0 Å². The number of aromatic carboxylic acids is 1. The molecule has 0 saturated carbocycles. The van der Waals surface area contributed by atoms with E-state index < -0.39 is 24.0 Å². The summed E-state index contributed by atoms with van der Waals surface area (Å²) in [6.07, 6.45) is 1.02. The summed E-state index contributed by atoms with van der Waals surface area (Å²) < 4.78 is 0.844. The van der Waals surface area contributed by atoms with E-state index in [0.29, 0.717) is 11.6 Å². The Morgan fingerprint density at radius 3 is 2.36 bits per heavy atom. The molecule has 1 heterocycles. The summed E-state index contributed by atoms with van der Waals surface area (Å²) in [6, 6.07) is 13.7. The number of fused-ring (bicyclic) bond motifs is 1. The Labute approximate surface area is 161 Å². The molecule has 0 radical (unpaired) electrons. The fourth-order valence-electron chi connectivity index (χ4n) is 2.96. The second kappa shape index (κ2) is 8.04. The molecule has 2 aromatic carbocycles. The Morgan fingerprint density at radius 2 is 1.75 bits per heavy atom. The van der Waals surface area contributed by atoms with E-state index in [-0.39, 0.29) is 16.5 Å². The number of carbonyl (C=O) groups is 2. The summed E-state index contributed by atoms with van der Waals surface area (Å²) in [6.45, 7) is 3.83. The molecule has 144 valence electrons. The lowest BCUT2D eigenvalue weighted by Crippen LogP contribution is -2.34. The normalized spacial score (nSPS) is 11.9. The second-order valence-corrected chi connectivity index (χ2v) is 6.62. The van der Waals surface area contributed by atoms with Crippen LogP contribution in [-0.2, 0) is 11.3 Å². The molecule has 1 N–H and O–H groups in total. The van der Waals surface area contributed by atoms with Gasteiger partial charge in [0.05, 0.1) is 11.4 Å². The summed E-state index contributed by atoms with van der Waals surface area (Å²) in [5, 5.41) is 18.2. The number of aromatic nitrogens is 2. The fourth-order valence-corrected chi connectivity index (χ4v) is 2.96. The van der Waals surface area contributed by atoms with Crippen LogP contribution in [0.15, 0.2) is 53.3 Å². The molecule has 0 aliphatic carbocycles. The van der Waals surface area contributed by atoms with Crippen molar-refractivity contribution in [1.29, 1.82) is 0 Å². The van der Waals surface area contributed by atoms with Gasteiger partial charge in [0.25, 0.3) is 5.56 Å². The van der Waals surface area contributed by atoms with Crippen LogP contribution in [0.1, 0.15) is 42.2 Å². The molecule has 7 nitrogen and oxygen atoms in total. The number of carboxylic acid groups (broad SMARTS) is 1. The van der Waals surface area contributed by atoms with E-state index in [9.17, 15) is 19.5 Å². The first-order valence-electron chi connectivity index (χ1n) is 9.01. The van der Waals surface area contributed by atoms with Crippen molar-refractivity contribution in [2.24, 2.45) is 0 Å². The van der Waals surface area contributed by atoms with Crippen LogP contribution in [0.4, 0.5) is 5.69 Å². The minimum absolute atomic E-state index is 0.169. The highest BCUT2D eigenvalue weighted by Crippen LogP contribution is 2.20. The van der Waals surface area contributed by atoms with Crippen LogP contribution in [-0.4, -0.2) is 21.7 Å². The summed E-state index contributed by atoms with van der Waals surface area (Å²) in [7, 11) is 0. The van der Waals surface area contributed by atoms with E-state index in [1.807, 2.05) is 12.1 Å². The van der Waals surface area contributed by atoms with Crippen LogP contribution >= 0.6 is 0 Å². The van der Waals surface area contributed by atoms with Gasteiger partial charge in [0.2, 0.25) is 5.91 Å². The number of carbonyl (C=O) groups excluding carboxylic acids is 2. The molecule has 0 unspecified atom stereocenters. The predicted molar refractivity (Wildman–Crippen MR) is 104 cm³/mol. The number of benzene rings is 2. The van der Waals surface area contributed by atoms with Crippen molar-refractivity contribution < 1.29 is 14.7 Å². The van der Waals surface area contributed by atoms with Crippen molar-refractivity contribution in [3.63, 3.8) is 0 Å². The quantitative estimate of drug-likeness (QED) is 0.706. The molecule has 7 heteroatoms. The Morgan fingerprint density at radius 1 is 1.11 bits per heavy atom. The van der Waals surface area contributed by atoms with Gasteiger partial charge in [-0.25, -0.2) is 4.68 Å². The van der Waals surface area contributed by atoms with Gasteiger partial charge in [-0.2, -0.15) is 5.10 Å². The van der Waals surface area contributed by atoms with E-state index >= 15 is 0 Å². The first-order valence-corrected chi connectivity index (χ1v) is 9.01. The molecular formula is C21H20N3O4-. The van der Waals surface area contributed by atoms with E-state index in [1.54, 1.807) is 24.3 Å². The maximum atomic E-state index is 12.6. The molecule has 0 saturated heterocycles. The van der Waals surface area contributed by atoms with Crippen LogP contribution in [0.5, 0.6) is 0 Å². The van der Waals surface area contributed by atoms with Gasteiger partial charge in [-0.1, -0.05) is 44.2 Å². The van der Waals surface area contributed by atoms with Gasteiger partial charge >= 0.3 is 0 Å². The lowest BCUT2D eigenvalue weighted by molar-refractivity contribution is -0.255. The Balaban J connectivity index is 1.84. The smallest absolute Gasteiger partial charge is 0.275 e. The number of nitrogens with zero attached hydrogens (tertiary/aromatic N) is 2. The van der Waals surface area contributed by atoms with Gasteiger partial charge < -0.3 is 15.2 Å². The van der Waals surface area contributed by atoms with Crippen molar-refractivity contribution in [3.8, 4) is 0 Å². The van der Waals surface area contributed by atoms with E-state index in [4.69, 9.17) is 0 Å². The molecule has 3 rings (SSSR count). The maximum absolute atomic E-state index is 12.6. The summed E-state index contributed by atoms with van der Waals surface area (Å²) in [5.74, 6) is -1.57. The zero-order valence-corrected chi connectivity index (χ0v) is 15.6. The van der Waals surface area contributed by atoms with Crippen molar-refractivity contribution >= 4 is 28.3 Å². The van der Waals surface area contributed by atoms with Crippen LogP contribution in [0.3, 0.4) is 0 Å². The van der Waals surface area contributed by atoms with Crippen LogP contribution in [0.2, 0.25) is 0 Å². The van der Waals surface area contributed by atoms with Crippen molar-refractivity contribution in [2.75, 3.05) is 5.32 Å². The number of carboxylic acids is 1. The van der Waals surface area contributed by atoms with Crippen molar-refractivity contribution in [3.05, 3.63) is 70.1 Å². The molecule has 0 spiro atoms. The van der Waals surface area contributed by atoms with Gasteiger partial charge in [-0.3, -0.25) is 9.59 Å². The Bertz CT molecular complexity index is 1090. The number of anilines is 1. The summed E-state index contributed by atoms with van der Waals surface area (Å²) in [5.41, 5.74) is 0.848. The third kappa shape index (κ3) is 3.93. The molecular weight excluding hydrogens is 358 g/mol. The first kappa shape index (κ1) is 19.3. The van der Waals surface area contributed by atoms with Gasteiger partial charge in [0, 0.05) is 11.1 Å². The molecule has 0 bridgehead atoms. The monoisotopic (exact) mass is 378 g/mol. The first-order chi connectivity index (χ1) is 13.4. The molecule has 1 aromatic heterocycles. The summed E-state index contributed by atoms with van der Waals surface area (Å²) >= 11 is 0. The third-order valence-electron chi connectivity index (χ3n) is 4.73. The summed E-state index contributed by atoms with van der Waals surface area (Å²) in [4.78, 5) is 36.3. The minimum Gasteiger partial charge on any atom is -0.543 e. The largest absolute Gasteiger partial charge is 0.543 e. The van der Waals surface area contributed by atoms with E-state index in [0.717, 1.165) is 11.1 Å². The lowest BCUT2D eigenvalue weighted by atomic mass is 9.99. The average molecular weight is 378 g/mol. The number of nitrogens with one attached hydrogen (secondary N) is 1. The number of hydrogen-bond donors (Lipinski definition) is 1. The number of hydrogen-bond acceptors (Lipinski definition) is 5. The maximum Gasteiger partial charge on any atom is 0.275 e. The topological polar surface area (TPSA) is 104 Å². The van der Waals surface area contributed by atoms with Gasteiger partial charge in [-0.15, -0.1) is 0 Å². The lowest BCUT2D eigenvalue weighted by Gasteiger charge is -2.12. The molecule has 0 aliphatic rings. The highest BCUT2D eigenvalue weighted by Gasteiger charge is 2.13. The Kier molecular flexibility index (Phi) is 5.54. The average Bonchev–Trinajstić information content (AvgIpc) is 2.70. The second-order valence-electron chi connectivity index (χ2n) is 6.62. The standard InChI is InChI=1S/C21H21N3O4/c1-3-13(2)14-8-10-15(11-9-14)22-18(25)12-24-20(26)17-7-5-4-6-16(17)19(23-24)21(27)28/h4-11,13H,3,12H2,1-2H3,(H,22,25)(H,27,28)/p-1/t13-/m0/s1. The zero-order valence-electron chi connectivity index (χ0n) is 15.6. The fraction of sp³-hybridized carbons (Fsp3) is 0.238. The van der Waals surface area contributed by atoms with Crippen molar-refractivity contribution in [2.45, 2.75) is 32.7 Å². The molecule has 0 fully saturated rings. The molecule has 28 heavy (non-hydrogen) atoms. The van der Waals surface area contributed by atoms with E-state index in [2.05, 4.69) is 24.3 Å². The van der Waals surface area contributed by atoms with Gasteiger partial charge in [-0.05, 0) is 36.1 Å². The van der Waals surface area contributed by atoms with Crippen LogP contribution in [0.25, 0.3) is 10.8 Å². The SMILES string of the molecule is CC[C@H](C)c1ccc(NC(=O)Cn2nc(C(=O)[O-])c3ccccc3c2=O)cc1. The minimum atomic E-state index is -1.51. The predicted octanol–water partition coefficient (Wildman–Crippen LogP) is 1.91. The van der Waals surface area contributed by atoms with E-state index in [1.165, 1.54) is 17.7 Å². The van der Waals surface area contributed by atoms with Crippen LogP contribution in [0, 0.1) is 0 Å². The Hall–Kier alpha value is -3.48. The molecule has 3 aromatic rings.